The number of carbonyl (C=O) groups is 2. The molecule has 28 heavy (non-hydrogen) atoms. The van der Waals surface area contributed by atoms with Crippen LogP contribution in [0.25, 0.3) is 17.1 Å². The fourth-order valence-electron chi connectivity index (χ4n) is 2.78. The summed E-state index contributed by atoms with van der Waals surface area (Å²) in [6, 6.07) is 13.8. The molecule has 2 amide bonds. The summed E-state index contributed by atoms with van der Waals surface area (Å²) in [5, 5.41) is 10.3. The molecule has 9 heteroatoms. The van der Waals surface area contributed by atoms with Crippen LogP contribution in [0.1, 0.15) is 12.5 Å². The topological polar surface area (TPSA) is 88.3 Å². The number of thioether (sulfide) groups is 1. The number of thiocarbonyl (C=S) groups is 1. The van der Waals surface area contributed by atoms with Crippen molar-refractivity contribution in [1.82, 2.24) is 15.2 Å². The van der Waals surface area contributed by atoms with E-state index in [-0.39, 0.29) is 11.8 Å². The van der Waals surface area contributed by atoms with E-state index in [4.69, 9.17) is 16.8 Å². The van der Waals surface area contributed by atoms with E-state index >= 15 is 0 Å². The van der Waals surface area contributed by atoms with Crippen LogP contribution in [0.5, 0.6) is 0 Å². The molecule has 0 bridgehead atoms. The summed E-state index contributed by atoms with van der Waals surface area (Å²) in [4.78, 5) is 27.4. The van der Waals surface area contributed by atoms with Gasteiger partial charge in [0, 0.05) is 0 Å². The molecule has 1 aliphatic heterocycles. The van der Waals surface area contributed by atoms with E-state index < -0.39 is 6.04 Å². The highest BCUT2D eigenvalue weighted by Crippen LogP contribution is 2.34. The van der Waals surface area contributed by atoms with E-state index in [1.807, 2.05) is 30.3 Å². The average molecular weight is 410 g/mol. The van der Waals surface area contributed by atoms with E-state index in [0.717, 1.165) is 5.56 Å². The zero-order valence-corrected chi connectivity index (χ0v) is 16.3. The first-order chi connectivity index (χ1) is 13.5. The highest BCUT2D eigenvalue weighted by atomic mass is 32.2. The Balaban J connectivity index is 1.54. The summed E-state index contributed by atoms with van der Waals surface area (Å²) in [7, 11) is 0. The minimum absolute atomic E-state index is 0.289. The van der Waals surface area contributed by atoms with Crippen LogP contribution in [-0.2, 0) is 9.59 Å². The van der Waals surface area contributed by atoms with Crippen LogP contribution in [-0.4, -0.2) is 37.4 Å². The van der Waals surface area contributed by atoms with E-state index in [9.17, 15) is 9.59 Å². The molecule has 1 saturated heterocycles. The van der Waals surface area contributed by atoms with E-state index in [0.29, 0.717) is 25.9 Å². The Morgan fingerprint density at radius 2 is 2.00 bits per heavy atom. The van der Waals surface area contributed by atoms with Crippen LogP contribution in [0, 0.1) is 0 Å². The molecule has 140 valence electrons. The van der Waals surface area contributed by atoms with Gasteiger partial charge in [-0.05, 0) is 41.0 Å². The fourth-order valence-corrected chi connectivity index (χ4v) is 4.19. The van der Waals surface area contributed by atoms with Crippen molar-refractivity contribution in [3.05, 3.63) is 59.0 Å². The van der Waals surface area contributed by atoms with Crippen LogP contribution in [0.15, 0.2) is 58.1 Å². The lowest BCUT2D eigenvalue weighted by Crippen LogP contribution is -2.44. The van der Waals surface area contributed by atoms with Gasteiger partial charge in [-0.15, -0.1) is 0 Å². The number of benzene rings is 2. The number of amides is 2. The second-order valence-corrected chi connectivity index (χ2v) is 7.74. The van der Waals surface area contributed by atoms with Crippen molar-refractivity contribution < 1.29 is 14.2 Å². The van der Waals surface area contributed by atoms with Gasteiger partial charge in [-0.1, -0.05) is 60.4 Å². The van der Waals surface area contributed by atoms with Gasteiger partial charge in [0.1, 0.15) is 15.9 Å². The first-order valence-electron chi connectivity index (χ1n) is 8.39. The normalized spacial score (nSPS) is 16.8. The number of carbonyl (C=O) groups excluding carboxylic acids is 2. The first-order valence-corrected chi connectivity index (χ1v) is 9.61. The quantitative estimate of drug-likeness (QED) is 0.520. The Morgan fingerprint density at radius 3 is 2.79 bits per heavy atom. The lowest BCUT2D eigenvalue weighted by molar-refractivity contribution is -0.129. The number of rotatable bonds is 4. The molecule has 1 atom stereocenters. The predicted octanol–water partition coefficient (Wildman–Crippen LogP) is 3.45. The van der Waals surface area contributed by atoms with Crippen LogP contribution >= 0.6 is 24.0 Å². The van der Waals surface area contributed by atoms with Crippen LogP contribution in [0.3, 0.4) is 0 Å². The molecule has 7 nitrogen and oxygen atoms in total. The van der Waals surface area contributed by atoms with Crippen molar-refractivity contribution in [3.8, 4) is 0 Å². The van der Waals surface area contributed by atoms with Crippen LogP contribution in [0.2, 0.25) is 0 Å². The van der Waals surface area contributed by atoms with Gasteiger partial charge in [0.2, 0.25) is 5.91 Å². The van der Waals surface area contributed by atoms with E-state index in [1.165, 1.54) is 16.7 Å². The summed E-state index contributed by atoms with van der Waals surface area (Å²) >= 11 is 6.53. The molecule has 1 fully saturated rings. The average Bonchev–Trinajstić information content (AvgIpc) is 3.27. The second-order valence-electron chi connectivity index (χ2n) is 6.07. The third-order valence-electron chi connectivity index (χ3n) is 4.23. The van der Waals surface area contributed by atoms with Gasteiger partial charge in [-0.25, -0.2) is 4.63 Å². The maximum Gasteiger partial charge on any atom is 0.266 e. The molecule has 0 saturated carbocycles. The molecule has 4 rings (SSSR count). The first kappa shape index (κ1) is 18.3. The van der Waals surface area contributed by atoms with E-state index in [1.54, 1.807) is 31.2 Å². The Kier molecular flexibility index (Phi) is 4.93. The molecule has 0 radical (unpaired) electrons. The maximum atomic E-state index is 12.8. The molecular weight excluding hydrogens is 396 g/mol. The minimum atomic E-state index is -0.788. The largest absolute Gasteiger partial charge is 0.322 e. The molecule has 1 unspecified atom stereocenters. The molecule has 1 N–H and O–H groups in total. The summed E-state index contributed by atoms with van der Waals surface area (Å²) in [6.07, 6.45) is 1.77. The molecule has 1 aromatic heterocycles. The van der Waals surface area contributed by atoms with Crippen molar-refractivity contribution in [1.29, 1.82) is 0 Å². The highest BCUT2D eigenvalue weighted by molar-refractivity contribution is 8.26. The minimum Gasteiger partial charge on any atom is -0.322 e. The zero-order chi connectivity index (χ0) is 19.7. The summed E-state index contributed by atoms with van der Waals surface area (Å²) in [5.41, 5.74) is 2.32. The second kappa shape index (κ2) is 7.53. The van der Waals surface area contributed by atoms with Gasteiger partial charge in [-0.3, -0.25) is 14.5 Å². The molecular formula is C19H14N4O3S2. The van der Waals surface area contributed by atoms with Gasteiger partial charge in [0.15, 0.2) is 5.52 Å². The number of anilines is 1. The van der Waals surface area contributed by atoms with Gasteiger partial charge in [0.25, 0.3) is 5.91 Å². The molecule has 3 aromatic rings. The van der Waals surface area contributed by atoms with Crippen LogP contribution < -0.4 is 5.32 Å². The molecule has 0 spiro atoms. The third-order valence-corrected chi connectivity index (χ3v) is 5.56. The molecule has 0 aliphatic carbocycles. The monoisotopic (exact) mass is 410 g/mol. The highest BCUT2D eigenvalue weighted by Gasteiger charge is 2.38. The zero-order valence-electron chi connectivity index (χ0n) is 14.7. The van der Waals surface area contributed by atoms with Crippen molar-refractivity contribution in [2.75, 3.05) is 5.32 Å². The number of nitrogens with zero attached hydrogens (tertiary/aromatic N) is 3. The lowest BCUT2D eigenvalue weighted by Gasteiger charge is -2.22. The Bertz CT molecular complexity index is 1110. The molecule has 2 aromatic carbocycles. The van der Waals surface area contributed by atoms with Gasteiger partial charge in [-0.2, -0.15) is 0 Å². The maximum absolute atomic E-state index is 12.8. The number of fused-ring (bicyclic) bond motifs is 1. The SMILES string of the molecule is CC(C(=O)Nc1cccc2nonc12)N1C(=O)C(=Cc2ccccc2)SC1=S. The number of hydrogen-bond donors (Lipinski definition) is 1. The van der Waals surface area contributed by atoms with Crippen molar-refractivity contribution >= 4 is 62.9 Å². The smallest absolute Gasteiger partial charge is 0.266 e. The lowest BCUT2D eigenvalue weighted by atomic mass is 10.2. The summed E-state index contributed by atoms with van der Waals surface area (Å²) in [5.74, 6) is -0.671. The summed E-state index contributed by atoms with van der Waals surface area (Å²) in [6.45, 7) is 1.63. The molecule has 1 aliphatic rings. The van der Waals surface area contributed by atoms with Crippen molar-refractivity contribution in [2.45, 2.75) is 13.0 Å². The van der Waals surface area contributed by atoms with Gasteiger partial charge in [0.05, 0.1) is 10.6 Å². The van der Waals surface area contributed by atoms with E-state index in [2.05, 4.69) is 15.6 Å². The van der Waals surface area contributed by atoms with Crippen molar-refractivity contribution in [3.63, 3.8) is 0 Å². The summed E-state index contributed by atoms with van der Waals surface area (Å²) < 4.78 is 5.05. The predicted molar refractivity (Wildman–Crippen MR) is 111 cm³/mol. The number of hydrogen-bond acceptors (Lipinski definition) is 7. The van der Waals surface area contributed by atoms with Gasteiger partial charge >= 0.3 is 0 Å². The Morgan fingerprint density at radius 1 is 1.21 bits per heavy atom. The van der Waals surface area contributed by atoms with Crippen molar-refractivity contribution in [2.24, 2.45) is 0 Å². The van der Waals surface area contributed by atoms with Gasteiger partial charge < -0.3 is 5.32 Å². The Labute approximate surface area is 169 Å². The fraction of sp³-hybridized carbons (Fsp3) is 0.105. The standard InChI is InChI=1S/C19H14N4O3S2/c1-11(17(24)20-13-8-5-9-14-16(13)22-26-21-14)23-18(25)15(28-19(23)27)10-12-6-3-2-4-7-12/h2-11H,1H3,(H,20,24). The Hall–Kier alpha value is -3.04. The number of nitrogens with one attached hydrogen (secondary N) is 1. The van der Waals surface area contributed by atoms with Crippen LogP contribution in [0.4, 0.5) is 5.69 Å². The third kappa shape index (κ3) is 3.41. The number of aromatic nitrogens is 2. The molecule has 2 heterocycles.